The Kier molecular flexibility index (Phi) is 5.15. The summed E-state index contributed by atoms with van der Waals surface area (Å²) in [5.41, 5.74) is 0.984. The fourth-order valence-corrected chi connectivity index (χ4v) is 6.40. The quantitative estimate of drug-likeness (QED) is 0.665. The molecule has 0 unspecified atom stereocenters. The van der Waals surface area contributed by atoms with Crippen molar-refractivity contribution >= 4 is 37.5 Å². The number of pyridine rings is 1. The van der Waals surface area contributed by atoms with E-state index >= 15 is 0 Å². The van der Waals surface area contributed by atoms with Gasteiger partial charge < -0.3 is 14.6 Å². The lowest BCUT2D eigenvalue weighted by Crippen LogP contribution is -2.42. The molecule has 4 rings (SSSR count). The summed E-state index contributed by atoms with van der Waals surface area (Å²) in [6.45, 7) is 3.67. The van der Waals surface area contributed by atoms with Crippen LogP contribution in [-0.4, -0.2) is 55.5 Å². The molecule has 0 aromatic carbocycles. The van der Waals surface area contributed by atoms with Crippen molar-refractivity contribution in [3.05, 3.63) is 40.2 Å². The molecule has 1 N–H and O–H groups in total. The number of aryl methyl sites for hydroxylation is 2. The van der Waals surface area contributed by atoms with Crippen molar-refractivity contribution in [2.24, 2.45) is 0 Å². The highest BCUT2D eigenvalue weighted by molar-refractivity contribution is 7.89. The van der Waals surface area contributed by atoms with Crippen molar-refractivity contribution in [3.63, 3.8) is 0 Å². The minimum Gasteiger partial charge on any atom is -0.371 e. The van der Waals surface area contributed by atoms with Gasteiger partial charge in [-0.05, 0) is 19.9 Å². The molecule has 29 heavy (non-hydrogen) atoms. The van der Waals surface area contributed by atoms with Crippen LogP contribution in [0.15, 0.2) is 27.7 Å². The topological polar surface area (TPSA) is 115 Å². The van der Waals surface area contributed by atoms with Crippen LogP contribution in [0.4, 0.5) is 0 Å². The van der Waals surface area contributed by atoms with E-state index < -0.39 is 16.1 Å². The third-order valence-electron chi connectivity index (χ3n) is 4.85. The molecule has 11 heteroatoms. The molecule has 1 fully saturated rings. The molecule has 1 atom stereocenters. The number of nitrogens with one attached hydrogen (secondary N) is 1. The number of carbonyl (C=O) groups is 1. The first-order valence-electron chi connectivity index (χ1n) is 8.98. The molecule has 1 saturated heterocycles. The van der Waals surface area contributed by atoms with Crippen LogP contribution in [0.5, 0.6) is 0 Å². The standard InChI is InChI=1S/C18H20N4O5S2/c1-10-16(11(2)27-21-10)29(24,25)22-7-8-26-13(9-22)14-12-5-4-6-20-18(12)28-15(14)17(23)19-3/h4-6,13H,7-9H2,1-3H3,(H,19,23)/t13-/m0/s1. The number of sulfonamides is 1. The number of nitrogens with zero attached hydrogens (tertiary/aromatic N) is 3. The van der Waals surface area contributed by atoms with Crippen molar-refractivity contribution < 1.29 is 22.5 Å². The van der Waals surface area contributed by atoms with Crippen molar-refractivity contribution in [1.82, 2.24) is 19.8 Å². The first-order chi connectivity index (χ1) is 13.8. The highest BCUT2D eigenvalue weighted by atomic mass is 32.2. The number of rotatable bonds is 4. The van der Waals surface area contributed by atoms with Crippen molar-refractivity contribution in [2.45, 2.75) is 24.8 Å². The van der Waals surface area contributed by atoms with Gasteiger partial charge in [0.2, 0.25) is 10.0 Å². The summed E-state index contributed by atoms with van der Waals surface area (Å²) in [7, 11) is -2.26. The Hall–Kier alpha value is -2.34. The van der Waals surface area contributed by atoms with E-state index in [9.17, 15) is 13.2 Å². The van der Waals surface area contributed by atoms with Crippen LogP contribution in [-0.2, 0) is 14.8 Å². The number of ether oxygens (including phenoxy) is 1. The molecule has 0 spiro atoms. The maximum Gasteiger partial charge on any atom is 0.261 e. The zero-order valence-corrected chi connectivity index (χ0v) is 17.8. The monoisotopic (exact) mass is 436 g/mol. The third-order valence-corrected chi connectivity index (χ3v) is 8.09. The number of fused-ring (bicyclic) bond motifs is 1. The number of morpholine rings is 1. The second-order valence-electron chi connectivity index (χ2n) is 6.66. The normalized spacial score (nSPS) is 18.2. The SMILES string of the molecule is CNC(=O)c1sc2ncccc2c1[C@@H]1CN(S(=O)(=O)c2c(C)noc2C)CCO1. The number of thiophene rings is 1. The van der Waals surface area contributed by atoms with E-state index in [2.05, 4.69) is 15.5 Å². The average Bonchev–Trinajstić information content (AvgIpc) is 3.27. The molecule has 9 nitrogen and oxygen atoms in total. The van der Waals surface area contributed by atoms with E-state index in [4.69, 9.17) is 9.26 Å². The highest BCUT2D eigenvalue weighted by Gasteiger charge is 2.37. The van der Waals surface area contributed by atoms with Gasteiger partial charge in [0.25, 0.3) is 5.91 Å². The molecular formula is C18H20N4O5S2. The zero-order chi connectivity index (χ0) is 20.8. The summed E-state index contributed by atoms with van der Waals surface area (Å²) in [5.74, 6) is -0.000853. The molecule has 3 aromatic heterocycles. The lowest BCUT2D eigenvalue weighted by molar-refractivity contribution is -0.00195. The fraction of sp³-hybridized carbons (Fsp3) is 0.389. The van der Waals surface area contributed by atoms with E-state index in [1.165, 1.54) is 15.6 Å². The van der Waals surface area contributed by atoms with Gasteiger partial charge in [0.15, 0.2) is 5.76 Å². The predicted octanol–water partition coefficient (Wildman–Crippen LogP) is 2.02. The number of amides is 1. The zero-order valence-electron chi connectivity index (χ0n) is 16.1. The number of hydrogen-bond donors (Lipinski definition) is 1. The van der Waals surface area contributed by atoms with Gasteiger partial charge in [-0.25, -0.2) is 13.4 Å². The maximum atomic E-state index is 13.2. The fourth-order valence-electron chi connectivity index (χ4n) is 3.54. The van der Waals surface area contributed by atoms with Crippen molar-refractivity contribution in [3.8, 4) is 0 Å². The second kappa shape index (κ2) is 7.48. The van der Waals surface area contributed by atoms with E-state index in [-0.39, 0.29) is 36.3 Å². The second-order valence-corrected chi connectivity index (χ2v) is 9.53. The molecule has 1 aliphatic heterocycles. The largest absolute Gasteiger partial charge is 0.371 e. The van der Waals surface area contributed by atoms with Crippen LogP contribution >= 0.6 is 11.3 Å². The number of hydrogen-bond acceptors (Lipinski definition) is 8. The van der Waals surface area contributed by atoms with Crippen LogP contribution in [0.3, 0.4) is 0 Å². The third kappa shape index (κ3) is 3.33. The summed E-state index contributed by atoms with van der Waals surface area (Å²) in [6, 6.07) is 3.65. The molecule has 0 bridgehead atoms. The molecule has 3 aromatic rings. The summed E-state index contributed by atoms with van der Waals surface area (Å²) < 4.78 is 38.8. The Labute approximate surface area is 171 Å². The van der Waals surface area contributed by atoms with Gasteiger partial charge >= 0.3 is 0 Å². The first kappa shape index (κ1) is 20.0. The van der Waals surface area contributed by atoms with E-state index in [0.717, 1.165) is 5.39 Å². The smallest absolute Gasteiger partial charge is 0.261 e. The molecule has 4 heterocycles. The summed E-state index contributed by atoms with van der Waals surface area (Å²) >= 11 is 1.27. The van der Waals surface area contributed by atoms with Gasteiger partial charge in [0.1, 0.15) is 20.3 Å². The lowest BCUT2D eigenvalue weighted by atomic mass is 10.0. The van der Waals surface area contributed by atoms with Gasteiger partial charge in [-0.1, -0.05) is 11.2 Å². The molecule has 154 valence electrons. The molecule has 0 saturated carbocycles. The first-order valence-corrected chi connectivity index (χ1v) is 11.2. The highest BCUT2D eigenvalue weighted by Crippen LogP contribution is 2.38. The molecule has 0 aliphatic carbocycles. The van der Waals surface area contributed by atoms with Crippen molar-refractivity contribution in [2.75, 3.05) is 26.7 Å². The number of aromatic nitrogens is 2. The minimum absolute atomic E-state index is 0.0805. The lowest BCUT2D eigenvalue weighted by Gasteiger charge is -2.32. The summed E-state index contributed by atoms with van der Waals surface area (Å²) in [6.07, 6.45) is 1.07. The Morgan fingerprint density at radius 3 is 2.86 bits per heavy atom. The summed E-state index contributed by atoms with van der Waals surface area (Å²) in [5, 5.41) is 7.19. The van der Waals surface area contributed by atoms with Gasteiger partial charge in [0.05, 0.1) is 12.7 Å². The molecule has 1 aliphatic rings. The molecular weight excluding hydrogens is 416 g/mol. The van der Waals surface area contributed by atoms with Gasteiger partial charge in [0, 0.05) is 37.3 Å². The van der Waals surface area contributed by atoms with Gasteiger partial charge in [-0.15, -0.1) is 11.3 Å². The molecule has 0 radical (unpaired) electrons. The van der Waals surface area contributed by atoms with E-state index in [1.54, 1.807) is 33.2 Å². The van der Waals surface area contributed by atoms with Crippen LogP contribution in [0.2, 0.25) is 0 Å². The Morgan fingerprint density at radius 2 is 2.17 bits per heavy atom. The van der Waals surface area contributed by atoms with Crippen LogP contribution < -0.4 is 5.32 Å². The Bertz CT molecular complexity index is 1160. The number of carbonyl (C=O) groups excluding carboxylic acids is 1. The van der Waals surface area contributed by atoms with E-state index in [0.29, 0.717) is 21.0 Å². The van der Waals surface area contributed by atoms with Gasteiger partial charge in [-0.2, -0.15) is 4.31 Å². The van der Waals surface area contributed by atoms with Crippen molar-refractivity contribution in [1.29, 1.82) is 0 Å². The average molecular weight is 437 g/mol. The minimum atomic E-state index is -3.81. The predicted molar refractivity (Wildman–Crippen MR) is 106 cm³/mol. The molecule has 1 amide bonds. The van der Waals surface area contributed by atoms with Gasteiger partial charge in [-0.3, -0.25) is 4.79 Å². The van der Waals surface area contributed by atoms with E-state index in [1.807, 2.05) is 6.07 Å². The Balaban J connectivity index is 1.76. The maximum absolute atomic E-state index is 13.2. The van der Waals surface area contributed by atoms with Crippen LogP contribution in [0.1, 0.15) is 32.8 Å². The van der Waals surface area contributed by atoms with Crippen LogP contribution in [0.25, 0.3) is 10.2 Å². The summed E-state index contributed by atoms with van der Waals surface area (Å²) in [4.78, 5) is 18.1. The Morgan fingerprint density at radius 1 is 1.38 bits per heavy atom. The van der Waals surface area contributed by atoms with Crippen LogP contribution in [0, 0.1) is 13.8 Å².